The van der Waals surface area contributed by atoms with Gasteiger partial charge in [-0.3, -0.25) is 4.98 Å². The zero-order chi connectivity index (χ0) is 10.2. The van der Waals surface area contributed by atoms with Crippen LogP contribution in [0.25, 0.3) is 0 Å². The number of hydrogen-bond acceptors (Lipinski definition) is 2. The summed E-state index contributed by atoms with van der Waals surface area (Å²) in [5.41, 5.74) is 8.48. The second-order valence-corrected chi connectivity index (χ2v) is 4.62. The Hall–Kier alpha value is -0.890. The van der Waals surface area contributed by atoms with Gasteiger partial charge in [-0.05, 0) is 30.4 Å². The summed E-state index contributed by atoms with van der Waals surface area (Å²) in [5.74, 6) is 0.560. The lowest BCUT2D eigenvalue weighted by atomic mass is 9.99. The van der Waals surface area contributed by atoms with Crippen LogP contribution in [0.3, 0.4) is 0 Å². The van der Waals surface area contributed by atoms with E-state index < -0.39 is 0 Å². The lowest BCUT2D eigenvalue weighted by Crippen LogP contribution is -2.20. The molecule has 1 heterocycles. The van der Waals surface area contributed by atoms with E-state index in [1.165, 1.54) is 24.1 Å². The van der Waals surface area contributed by atoms with E-state index in [0.717, 1.165) is 6.54 Å². The molecule has 1 saturated carbocycles. The standard InChI is InChI=1S/C12H18N2/c1-9(2)10-3-4-11(14-7-10)12(8-13)5-6-12/h3-4,7,9H,5-6,8,13H2,1-2H3. The highest BCUT2D eigenvalue weighted by atomic mass is 14.8. The predicted octanol–water partition coefficient (Wildman–Crippen LogP) is 2.20. The van der Waals surface area contributed by atoms with Crippen molar-refractivity contribution in [3.8, 4) is 0 Å². The first-order valence-corrected chi connectivity index (χ1v) is 5.34. The molecule has 2 rings (SSSR count). The molecule has 0 unspecified atom stereocenters. The molecule has 0 amide bonds. The normalized spacial score (nSPS) is 18.6. The molecule has 1 fully saturated rings. The molecule has 1 aliphatic rings. The maximum Gasteiger partial charge on any atom is 0.0478 e. The minimum absolute atomic E-state index is 0.232. The number of pyridine rings is 1. The Morgan fingerprint density at radius 2 is 2.14 bits per heavy atom. The van der Waals surface area contributed by atoms with Crippen molar-refractivity contribution in [3.05, 3.63) is 29.6 Å². The summed E-state index contributed by atoms with van der Waals surface area (Å²) in [6, 6.07) is 4.33. The van der Waals surface area contributed by atoms with Crippen LogP contribution in [0, 0.1) is 0 Å². The molecule has 0 spiro atoms. The van der Waals surface area contributed by atoms with E-state index in [1.54, 1.807) is 0 Å². The topological polar surface area (TPSA) is 38.9 Å². The van der Waals surface area contributed by atoms with E-state index >= 15 is 0 Å². The van der Waals surface area contributed by atoms with Crippen molar-refractivity contribution in [2.45, 2.75) is 38.0 Å². The van der Waals surface area contributed by atoms with Gasteiger partial charge in [-0.25, -0.2) is 0 Å². The van der Waals surface area contributed by atoms with Crippen molar-refractivity contribution in [1.29, 1.82) is 0 Å². The third kappa shape index (κ3) is 1.55. The zero-order valence-electron chi connectivity index (χ0n) is 8.96. The van der Waals surface area contributed by atoms with Crippen molar-refractivity contribution in [3.63, 3.8) is 0 Å². The van der Waals surface area contributed by atoms with Crippen LogP contribution in [0.15, 0.2) is 18.3 Å². The minimum atomic E-state index is 0.232. The molecule has 0 saturated heterocycles. The summed E-state index contributed by atoms with van der Waals surface area (Å²) < 4.78 is 0. The average Bonchev–Trinajstić information content (AvgIpc) is 2.99. The SMILES string of the molecule is CC(C)c1ccc(C2(CN)CC2)nc1. The molecule has 0 radical (unpaired) electrons. The first-order valence-electron chi connectivity index (χ1n) is 5.34. The van der Waals surface area contributed by atoms with Crippen LogP contribution in [0.2, 0.25) is 0 Å². The number of nitrogens with two attached hydrogens (primary N) is 1. The maximum atomic E-state index is 5.76. The second-order valence-electron chi connectivity index (χ2n) is 4.62. The van der Waals surface area contributed by atoms with E-state index in [0.29, 0.717) is 5.92 Å². The van der Waals surface area contributed by atoms with Crippen LogP contribution in [0.1, 0.15) is 43.9 Å². The molecular weight excluding hydrogens is 172 g/mol. The van der Waals surface area contributed by atoms with Gasteiger partial charge in [0.15, 0.2) is 0 Å². The fourth-order valence-corrected chi connectivity index (χ4v) is 1.78. The van der Waals surface area contributed by atoms with Gasteiger partial charge in [0.25, 0.3) is 0 Å². The molecule has 1 aromatic rings. The summed E-state index contributed by atoms with van der Waals surface area (Å²) in [6.07, 6.45) is 4.41. The van der Waals surface area contributed by atoms with E-state index in [1.807, 2.05) is 6.20 Å². The Morgan fingerprint density at radius 3 is 2.50 bits per heavy atom. The third-order valence-electron chi connectivity index (χ3n) is 3.24. The molecule has 0 aliphatic heterocycles. The van der Waals surface area contributed by atoms with Gasteiger partial charge in [0, 0.05) is 23.9 Å². The first kappa shape index (κ1) is 9.66. The molecule has 76 valence electrons. The molecule has 0 atom stereocenters. The highest BCUT2D eigenvalue weighted by Crippen LogP contribution is 2.46. The average molecular weight is 190 g/mol. The molecule has 0 bridgehead atoms. The quantitative estimate of drug-likeness (QED) is 0.793. The first-order chi connectivity index (χ1) is 6.68. The van der Waals surface area contributed by atoms with Crippen LogP contribution in [0.5, 0.6) is 0 Å². The lowest BCUT2D eigenvalue weighted by molar-refractivity contribution is 0.675. The summed E-state index contributed by atoms with van der Waals surface area (Å²) >= 11 is 0. The van der Waals surface area contributed by atoms with Crippen LogP contribution in [-0.2, 0) is 5.41 Å². The van der Waals surface area contributed by atoms with Gasteiger partial charge in [-0.1, -0.05) is 19.9 Å². The summed E-state index contributed by atoms with van der Waals surface area (Å²) in [4.78, 5) is 4.52. The van der Waals surface area contributed by atoms with E-state index in [-0.39, 0.29) is 5.41 Å². The van der Waals surface area contributed by atoms with E-state index in [9.17, 15) is 0 Å². The smallest absolute Gasteiger partial charge is 0.0478 e. The molecule has 2 nitrogen and oxygen atoms in total. The van der Waals surface area contributed by atoms with Crippen molar-refractivity contribution < 1.29 is 0 Å². The number of nitrogens with zero attached hydrogens (tertiary/aromatic N) is 1. The molecule has 2 N–H and O–H groups in total. The minimum Gasteiger partial charge on any atom is -0.330 e. The lowest BCUT2D eigenvalue weighted by Gasteiger charge is -2.12. The molecule has 1 aromatic heterocycles. The number of hydrogen-bond donors (Lipinski definition) is 1. The van der Waals surface area contributed by atoms with Gasteiger partial charge in [0.2, 0.25) is 0 Å². The highest BCUT2D eigenvalue weighted by molar-refractivity contribution is 5.28. The van der Waals surface area contributed by atoms with Crippen molar-refractivity contribution in [2.24, 2.45) is 5.73 Å². The van der Waals surface area contributed by atoms with Gasteiger partial charge in [0.05, 0.1) is 0 Å². The fraction of sp³-hybridized carbons (Fsp3) is 0.583. The largest absolute Gasteiger partial charge is 0.330 e. The molecule has 1 aliphatic carbocycles. The second kappa shape index (κ2) is 3.35. The van der Waals surface area contributed by atoms with Crippen LogP contribution in [-0.4, -0.2) is 11.5 Å². The summed E-state index contributed by atoms with van der Waals surface area (Å²) in [5, 5.41) is 0. The predicted molar refractivity (Wildman–Crippen MR) is 58.3 cm³/mol. The van der Waals surface area contributed by atoms with Gasteiger partial charge in [-0.15, -0.1) is 0 Å². The Labute approximate surface area is 85.5 Å². The fourth-order valence-electron chi connectivity index (χ4n) is 1.78. The number of aromatic nitrogens is 1. The van der Waals surface area contributed by atoms with Gasteiger partial charge < -0.3 is 5.73 Å². The van der Waals surface area contributed by atoms with Crippen molar-refractivity contribution in [2.75, 3.05) is 6.54 Å². The van der Waals surface area contributed by atoms with Crippen LogP contribution in [0.4, 0.5) is 0 Å². The van der Waals surface area contributed by atoms with Crippen molar-refractivity contribution >= 4 is 0 Å². The monoisotopic (exact) mass is 190 g/mol. The number of rotatable bonds is 3. The van der Waals surface area contributed by atoms with E-state index in [4.69, 9.17) is 5.73 Å². The summed E-state index contributed by atoms with van der Waals surface area (Å²) in [7, 11) is 0. The highest BCUT2D eigenvalue weighted by Gasteiger charge is 2.44. The van der Waals surface area contributed by atoms with E-state index in [2.05, 4.69) is 31.0 Å². The Bertz CT molecular complexity index is 310. The van der Waals surface area contributed by atoms with Gasteiger partial charge >= 0.3 is 0 Å². The maximum absolute atomic E-state index is 5.76. The van der Waals surface area contributed by atoms with Crippen LogP contribution >= 0.6 is 0 Å². The van der Waals surface area contributed by atoms with Crippen molar-refractivity contribution in [1.82, 2.24) is 4.98 Å². The zero-order valence-corrected chi connectivity index (χ0v) is 8.96. The molecule has 0 aromatic carbocycles. The van der Waals surface area contributed by atoms with Gasteiger partial charge in [-0.2, -0.15) is 0 Å². The Balaban J connectivity index is 2.22. The molecular formula is C12H18N2. The Morgan fingerprint density at radius 1 is 1.43 bits per heavy atom. The Kier molecular flexibility index (Phi) is 2.31. The third-order valence-corrected chi connectivity index (χ3v) is 3.24. The molecule has 14 heavy (non-hydrogen) atoms. The summed E-state index contributed by atoms with van der Waals surface area (Å²) in [6.45, 7) is 5.11. The van der Waals surface area contributed by atoms with Gasteiger partial charge in [0.1, 0.15) is 0 Å². The van der Waals surface area contributed by atoms with Crippen LogP contribution < -0.4 is 5.73 Å². The molecule has 2 heteroatoms.